The van der Waals surface area contributed by atoms with E-state index in [1.165, 1.54) is 24.3 Å². The predicted octanol–water partition coefficient (Wildman–Crippen LogP) is -1.45. The van der Waals surface area contributed by atoms with Crippen LogP contribution in [0.2, 0.25) is 0 Å². The fourth-order valence-corrected chi connectivity index (χ4v) is 4.82. The van der Waals surface area contributed by atoms with E-state index < -0.39 is 41.3 Å². The number of sulfone groups is 1. The molecule has 0 aliphatic carbocycles. The summed E-state index contributed by atoms with van der Waals surface area (Å²) in [4.78, 5) is 10.1. The van der Waals surface area contributed by atoms with Crippen molar-refractivity contribution in [1.29, 1.82) is 0 Å². The van der Waals surface area contributed by atoms with Gasteiger partial charge in [-0.3, -0.25) is 10.1 Å². The molecule has 2 rings (SSSR count). The van der Waals surface area contributed by atoms with Crippen molar-refractivity contribution in [2.45, 2.75) is 11.1 Å². The first-order valence-electron chi connectivity index (χ1n) is 6.10. The molecule has 1 fully saturated rings. The van der Waals surface area contributed by atoms with Crippen molar-refractivity contribution < 1.29 is 21.8 Å². The van der Waals surface area contributed by atoms with Gasteiger partial charge in [-0.05, 0) is 6.07 Å². The topological polar surface area (TPSA) is 163 Å². The van der Waals surface area contributed by atoms with Crippen LogP contribution in [-0.2, 0) is 19.9 Å². The molecule has 1 saturated heterocycles. The molecule has 1 heterocycles. The average molecular weight is 351 g/mol. The Balaban J connectivity index is 2.67. The molecule has 0 amide bonds. The van der Waals surface area contributed by atoms with E-state index in [1.54, 1.807) is 0 Å². The summed E-state index contributed by atoms with van der Waals surface area (Å²) in [5, 5.41) is 16.4. The number of hydrogen-bond acceptors (Lipinski definition) is 7. The van der Waals surface area contributed by atoms with Crippen LogP contribution >= 0.6 is 0 Å². The van der Waals surface area contributed by atoms with Crippen LogP contribution in [-0.4, -0.2) is 46.0 Å². The van der Waals surface area contributed by atoms with Crippen molar-refractivity contribution in [2.24, 2.45) is 11.0 Å². The number of nitrogens with two attached hydrogens (primary N) is 2. The van der Waals surface area contributed by atoms with Crippen molar-refractivity contribution in [1.82, 2.24) is 4.59 Å². The molecule has 2 unspecified atom stereocenters. The highest BCUT2D eigenvalue weighted by Crippen LogP contribution is 2.32. The lowest BCUT2D eigenvalue weighted by Crippen LogP contribution is -2.71. The normalized spacial score (nSPS) is 28.2. The minimum Gasteiger partial charge on any atom is -0.259 e. The quantitative estimate of drug-likeness (QED) is 0.291. The van der Waals surface area contributed by atoms with Crippen LogP contribution in [0.15, 0.2) is 29.2 Å². The molecular formula is C10H15N4O6S2+. The maximum atomic E-state index is 11.7. The molecule has 0 aromatic heterocycles. The molecular weight excluding hydrogens is 336 g/mol. The van der Waals surface area contributed by atoms with Gasteiger partial charge in [0.1, 0.15) is 17.2 Å². The summed E-state index contributed by atoms with van der Waals surface area (Å²) in [7, 11) is -7.79. The summed E-state index contributed by atoms with van der Waals surface area (Å²) in [6.45, 7) is -0.319. The SMILES string of the molecule is N[N+]1(c2ccccc2S(N)(=O)=O)CCS(=O)(=O)CC1[N+](=O)[O-]. The lowest BCUT2D eigenvalue weighted by Gasteiger charge is -2.37. The standard InChI is InChI=1S/C10H15N4O6S2/c11-14(5-6-21(17,18)7-10(14)13(15)16)8-3-1-2-4-9(8)22(12,19)20/h1-4,10H,5-7,11H2,(H2,12,19,20)/q+1. The van der Waals surface area contributed by atoms with Crippen molar-refractivity contribution >= 4 is 25.5 Å². The highest BCUT2D eigenvalue weighted by Gasteiger charge is 2.54. The van der Waals surface area contributed by atoms with Gasteiger partial charge in [0.2, 0.25) is 10.0 Å². The van der Waals surface area contributed by atoms with Crippen LogP contribution in [0.3, 0.4) is 0 Å². The van der Waals surface area contributed by atoms with Crippen molar-refractivity contribution in [3.05, 3.63) is 34.4 Å². The molecule has 122 valence electrons. The Hall–Kier alpha value is -1.60. The number of para-hydroxylation sites is 1. The molecule has 0 bridgehead atoms. The van der Waals surface area contributed by atoms with Crippen LogP contribution in [0.5, 0.6) is 0 Å². The van der Waals surface area contributed by atoms with Gasteiger partial charge in [0.05, 0.1) is 4.92 Å². The summed E-state index contributed by atoms with van der Waals surface area (Å²) in [6.07, 6.45) is -1.71. The van der Waals surface area contributed by atoms with Gasteiger partial charge in [0.25, 0.3) is 0 Å². The average Bonchev–Trinajstić information content (AvgIpc) is 2.40. The third-order valence-corrected chi connectivity index (χ3v) is 6.14. The Morgan fingerprint density at radius 3 is 2.45 bits per heavy atom. The molecule has 22 heavy (non-hydrogen) atoms. The van der Waals surface area contributed by atoms with E-state index in [2.05, 4.69) is 0 Å². The third-order valence-electron chi connectivity index (χ3n) is 3.57. The lowest BCUT2D eigenvalue weighted by molar-refractivity contribution is -0.543. The molecule has 0 spiro atoms. The molecule has 1 aromatic rings. The molecule has 4 N–H and O–H groups in total. The smallest absolute Gasteiger partial charge is 0.259 e. The van der Waals surface area contributed by atoms with Crippen molar-refractivity contribution in [3.63, 3.8) is 0 Å². The largest absolute Gasteiger partial charge is 0.372 e. The monoisotopic (exact) mass is 351 g/mol. The van der Waals surface area contributed by atoms with Gasteiger partial charge in [-0.2, -0.15) is 10.4 Å². The number of sulfonamides is 1. The summed E-state index contributed by atoms with van der Waals surface area (Å²) < 4.78 is 45.7. The van der Waals surface area contributed by atoms with Gasteiger partial charge in [0.15, 0.2) is 21.3 Å². The fourth-order valence-electron chi connectivity index (χ4n) is 2.43. The van der Waals surface area contributed by atoms with Crippen LogP contribution in [0.25, 0.3) is 0 Å². The highest BCUT2D eigenvalue weighted by molar-refractivity contribution is 7.91. The zero-order valence-corrected chi connectivity index (χ0v) is 13.0. The maximum absolute atomic E-state index is 11.7. The Labute approximate surface area is 127 Å². The van der Waals surface area contributed by atoms with E-state index in [1.807, 2.05) is 0 Å². The highest BCUT2D eigenvalue weighted by atomic mass is 32.2. The van der Waals surface area contributed by atoms with Gasteiger partial charge >= 0.3 is 6.17 Å². The first kappa shape index (κ1) is 16.8. The molecule has 12 heteroatoms. The van der Waals surface area contributed by atoms with Gasteiger partial charge in [-0.15, -0.1) is 0 Å². The summed E-state index contributed by atoms with van der Waals surface area (Å²) in [5.74, 6) is 4.91. The zero-order valence-electron chi connectivity index (χ0n) is 11.3. The number of hydrogen-bond donors (Lipinski definition) is 2. The Kier molecular flexibility index (Phi) is 3.99. The minimum atomic E-state index is -4.17. The number of nitrogens with zero attached hydrogens (tertiary/aromatic N) is 2. The fraction of sp³-hybridized carbons (Fsp3) is 0.400. The number of quaternary nitrogens is 1. The molecule has 10 nitrogen and oxygen atoms in total. The Bertz CT molecular complexity index is 822. The molecule has 1 aromatic carbocycles. The molecule has 1 aliphatic rings. The second kappa shape index (κ2) is 5.24. The first-order valence-corrected chi connectivity index (χ1v) is 9.47. The second-order valence-electron chi connectivity index (χ2n) is 5.05. The summed E-state index contributed by atoms with van der Waals surface area (Å²) in [5.41, 5.74) is -0.0957. The van der Waals surface area contributed by atoms with E-state index in [9.17, 15) is 26.9 Å². The van der Waals surface area contributed by atoms with E-state index >= 15 is 0 Å². The van der Waals surface area contributed by atoms with Gasteiger partial charge in [0, 0.05) is 6.07 Å². The number of benzene rings is 1. The zero-order chi connectivity index (χ0) is 16.8. The first-order chi connectivity index (χ1) is 9.97. The second-order valence-corrected chi connectivity index (χ2v) is 8.81. The van der Waals surface area contributed by atoms with Crippen LogP contribution in [0, 0.1) is 10.1 Å². The minimum absolute atomic E-state index is 0.0957. The predicted molar refractivity (Wildman–Crippen MR) is 78.1 cm³/mol. The van der Waals surface area contributed by atoms with E-state index in [4.69, 9.17) is 11.0 Å². The van der Waals surface area contributed by atoms with Gasteiger partial charge in [-0.25, -0.2) is 22.0 Å². The van der Waals surface area contributed by atoms with Crippen LogP contribution in [0.4, 0.5) is 5.69 Å². The molecule has 0 saturated carbocycles. The van der Waals surface area contributed by atoms with Crippen molar-refractivity contribution in [3.8, 4) is 0 Å². The van der Waals surface area contributed by atoms with Crippen LogP contribution in [0.1, 0.15) is 0 Å². The van der Waals surface area contributed by atoms with E-state index in [-0.39, 0.29) is 22.9 Å². The van der Waals surface area contributed by atoms with Crippen molar-refractivity contribution in [2.75, 3.05) is 18.1 Å². The molecule has 1 aliphatic heterocycles. The number of nitro groups is 1. The Morgan fingerprint density at radius 1 is 1.32 bits per heavy atom. The molecule has 2 atom stereocenters. The third kappa shape index (κ3) is 2.96. The summed E-state index contributed by atoms with van der Waals surface area (Å²) in [6, 6.07) is 5.33. The van der Waals surface area contributed by atoms with E-state index in [0.717, 1.165) is 0 Å². The van der Waals surface area contributed by atoms with Crippen LogP contribution < -0.4 is 15.6 Å². The summed E-state index contributed by atoms with van der Waals surface area (Å²) >= 11 is 0. The molecule has 0 radical (unpaired) electrons. The Morgan fingerprint density at radius 2 is 1.91 bits per heavy atom. The maximum Gasteiger partial charge on any atom is 0.372 e. The number of rotatable bonds is 3. The van der Waals surface area contributed by atoms with Gasteiger partial charge in [-0.1, -0.05) is 12.1 Å². The lowest BCUT2D eigenvalue weighted by atomic mass is 10.2. The van der Waals surface area contributed by atoms with Gasteiger partial charge < -0.3 is 0 Å². The van der Waals surface area contributed by atoms with E-state index in [0.29, 0.717) is 0 Å². The number of primary sulfonamides is 1.